The fraction of sp³-hybridized carbons (Fsp3) is 0.381. The summed E-state index contributed by atoms with van der Waals surface area (Å²) in [6.45, 7) is 4.24. The molecule has 4 heteroatoms. The van der Waals surface area contributed by atoms with Gasteiger partial charge in [0.15, 0.2) is 0 Å². The van der Waals surface area contributed by atoms with Gasteiger partial charge in [-0.05, 0) is 67.6 Å². The number of carbonyl (C=O) groups is 1. The van der Waals surface area contributed by atoms with Gasteiger partial charge in [-0.15, -0.1) is 0 Å². The van der Waals surface area contributed by atoms with Crippen molar-refractivity contribution in [2.75, 3.05) is 10.6 Å². The number of benzene rings is 2. The molecule has 25 heavy (non-hydrogen) atoms. The van der Waals surface area contributed by atoms with Crippen LogP contribution in [-0.2, 0) is 4.79 Å². The lowest BCUT2D eigenvalue weighted by molar-refractivity contribution is -0.128. The summed E-state index contributed by atoms with van der Waals surface area (Å²) in [5.74, 6) is 0.442. The Balaban J connectivity index is 1.83. The van der Waals surface area contributed by atoms with Gasteiger partial charge in [0.25, 0.3) is 0 Å². The van der Waals surface area contributed by atoms with Crippen molar-refractivity contribution in [3.63, 3.8) is 0 Å². The molecule has 2 saturated heterocycles. The fourth-order valence-electron chi connectivity index (χ4n) is 4.42. The molecule has 3 N–H and O–H groups in total. The highest BCUT2D eigenvalue weighted by Crippen LogP contribution is 2.48. The number of piperidine rings is 2. The summed E-state index contributed by atoms with van der Waals surface area (Å²) in [6.07, 6.45) is 2.60. The summed E-state index contributed by atoms with van der Waals surface area (Å²) in [5.41, 5.74) is 11.0. The number of Topliss-reactive ketones (excluding diaryl/α,β-unsaturated/α-hetero) is 1. The zero-order chi connectivity index (χ0) is 17.7. The van der Waals surface area contributed by atoms with Gasteiger partial charge in [-0.3, -0.25) is 4.79 Å². The largest absolute Gasteiger partial charge is 0.506 e. The monoisotopic (exact) mass is 336 g/mol. The van der Waals surface area contributed by atoms with Crippen molar-refractivity contribution in [1.29, 1.82) is 0 Å². The van der Waals surface area contributed by atoms with Gasteiger partial charge in [-0.1, -0.05) is 12.1 Å². The van der Waals surface area contributed by atoms with Crippen LogP contribution in [0.5, 0.6) is 5.75 Å². The van der Waals surface area contributed by atoms with Crippen LogP contribution in [0.1, 0.15) is 42.0 Å². The minimum Gasteiger partial charge on any atom is -0.506 e. The van der Waals surface area contributed by atoms with Crippen molar-refractivity contribution in [1.82, 2.24) is 0 Å². The Bertz CT molecular complexity index is 846. The molecule has 2 bridgehead atoms. The number of aromatic hydroxyl groups is 1. The van der Waals surface area contributed by atoms with E-state index in [1.807, 2.05) is 12.1 Å². The first-order chi connectivity index (χ1) is 12.0. The van der Waals surface area contributed by atoms with E-state index in [9.17, 15) is 9.90 Å². The Kier molecular flexibility index (Phi) is 3.71. The van der Waals surface area contributed by atoms with Gasteiger partial charge in [0.2, 0.25) is 0 Å². The number of nitrogens with zero attached hydrogens (tertiary/aromatic N) is 1. The zero-order valence-electron chi connectivity index (χ0n) is 14.7. The number of nitrogens with two attached hydrogens (primary N) is 1. The summed E-state index contributed by atoms with van der Waals surface area (Å²) in [5, 5.41) is 9.77. The number of fused-ring (bicyclic) bond motifs is 3. The number of aryl methyl sites for hydroxylation is 2. The van der Waals surface area contributed by atoms with Crippen LogP contribution in [-0.4, -0.2) is 16.9 Å². The van der Waals surface area contributed by atoms with Crippen molar-refractivity contribution >= 4 is 17.2 Å². The van der Waals surface area contributed by atoms with E-state index in [0.717, 1.165) is 18.4 Å². The summed E-state index contributed by atoms with van der Waals surface area (Å²) in [6, 6.07) is 12.1. The van der Waals surface area contributed by atoms with Crippen LogP contribution >= 0.6 is 0 Å². The van der Waals surface area contributed by atoms with Crippen molar-refractivity contribution in [3.05, 3.63) is 53.1 Å². The molecule has 3 fully saturated rings. The second kappa shape index (κ2) is 5.80. The Labute approximate surface area is 148 Å². The standard InChI is InChI=1S/C21H24N2O2/c1-12-3-5-15(9-13(12)2)23-16-6-7-17(20(25)11-16)21(23)14-4-8-19(24)18(22)10-14/h3-5,8-10,16-17,21,24H,6-7,11,22H2,1-2H3. The van der Waals surface area contributed by atoms with E-state index in [4.69, 9.17) is 5.73 Å². The second-order valence-corrected chi connectivity index (χ2v) is 7.45. The Hall–Kier alpha value is -2.49. The van der Waals surface area contributed by atoms with Gasteiger partial charge in [0.1, 0.15) is 11.5 Å². The number of rotatable bonds is 2. The minimum atomic E-state index is -0.00925. The molecule has 2 aliphatic heterocycles. The number of hydrogen-bond acceptors (Lipinski definition) is 4. The van der Waals surface area contributed by atoms with Crippen LogP contribution in [0.4, 0.5) is 11.4 Å². The lowest BCUT2D eigenvalue weighted by Crippen LogP contribution is -2.54. The molecule has 2 aromatic rings. The van der Waals surface area contributed by atoms with Crippen LogP contribution in [0.25, 0.3) is 0 Å². The van der Waals surface area contributed by atoms with Crippen molar-refractivity contribution in [2.24, 2.45) is 5.92 Å². The first-order valence-electron chi connectivity index (χ1n) is 8.92. The third-order valence-corrected chi connectivity index (χ3v) is 5.92. The Morgan fingerprint density at radius 2 is 1.88 bits per heavy atom. The molecule has 3 atom stereocenters. The number of phenolic OH excluding ortho intramolecular Hbond substituents is 1. The molecule has 130 valence electrons. The van der Waals surface area contributed by atoms with Crippen LogP contribution in [0.3, 0.4) is 0 Å². The predicted octanol–water partition coefficient (Wildman–Crippen LogP) is 3.89. The van der Waals surface area contributed by atoms with Crippen LogP contribution in [0.2, 0.25) is 0 Å². The summed E-state index contributed by atoms with van der Waals surface area (Å²) in [7, 11) is 0. The molecule has 0 radical (unpaired) electrons. The molecule has 0 amide bonds. The SMILES string of the molecule is Cc1ccc(N2C3CCC(C(=O)C3)C2c2ccc(O)c(N)c2)cc1C. The van der Waals surface area contributed by atoms with E-state index in [1.165, 1.54) is 16.8 Å². The molecule has 5 rings (SSSR count). The maximum atomic E-state index is 12.6. The van der Waals surface area contributed by atoms with Gasteiger partial charge < -0.3 is 15.7 Å². The molecule has 3 aliphatic rings. The predicted molar refractivity (Wildman–Crippen MR) is 99.8 cm³/mol. The van der Waals surface area contributed by atoms with E-state index in [2.05, 4.69) is 36.9 Å². The lowest BCUT2D eigenvalue weighted by Gasteiger charge is -2.52. The first-order valence-corrected chi connectivity index (χ1v) is 8.92. The highest BCUT2D eigenvalue weighted by Gasteiger charge is 2.47. The van der Waals surface area contributed by atoms with E-state index in [0.29, 0.717) is 17.9 Å². The fourth-order valence-corrected chi connectivity index (χ4v) is 4.42. The molecular formula is C21H24N2O2. The van der Waals surface area contributed by atoms with Crippen LogP contribution in [0.15, 0.2) is 36.4 Å². The number of anilines is 2. The average molecular weight is 336 g/mol. The average Bonchev–Trinajstić information content (AvgIpc) is 2.59. The van der Waals surface area contributed by atoms with E-state index in [-0.39, 0.29) is 23.8 Å². The normalized spacial score (nSPS) is 25.4. The molecular weight excluding hydrogens is 312 g/mol. The maximum Gasteiger partial charge on any atom is 0.140 e. The van der Waals surface area contributed by atoms with Crippen molar-refractivity contribution in [2.45, 2.75) is 45.2 Å². The number of hydrogen-bond donors (Lipinski definition) is 2. The van der Waals surface area contributed by atoms with E-state index in [1.54, 1.807) is 6.07 Å². The third-order valence-electron chi connectivity index (χ3n) is 5.92. The highest BCUT2D eigenvalue weighted by atomic mass is 16.3. The third kappa shape index (κ3) is 2.56. The number of nitrogen functional groups attached to an aromatic ring is 1. The molecule has 4 nitrogen and oxygen atoms in total. The summed E-state index contributed by atoms with van der Waals surface area (Å²) in [4.78, 5) is 15.0. The van der Waals surface area contributed by atoms with E-state index >= 15 is 0 Å². The Morgan fingerprint density at radius 1 is 1.08 bits per heavy atom. The van der Waals surface area contributed by atoms with Gasteiger partial charge >= 0.3 is 0 Å². The van der Waals surface area contributed by atoms with Gasteiger partial charge in [-0.2, -0.15) is 0 Å². The molecule has 1 saturated carbocycles. The van der Waals surface area contributed by atoms with Gasteiger partial charge in [0.05, 0.1) is 11.7 Å². The number of carbonyl (C=O) groups excluding carboxylic acids is 1. The van der Waals surface area contributed by atoms with Crippen molar-refractivity contribution < 1.29 is 9.90 Å². The zero-order valence-corrected chi connectivity index (χ0v) is 14.7. The number of ketones is 1. The van der Waals surface area contributed by atoms with Gasteiger partial charge in [0, 0.05) is 24.1 Å². The molecule has 3 unspecified atom stereocenters. The minimum absolute atomic E-state index is 0.00412. The first kappa shape index (κ1) is 16.0. The topological polar surface area (TPSA) is 66.6 Å². The van der Waals surface area contributed by atoms with E-state index < -0.39 is 0 Å². The van der Waals surface area contributed by atoms with Crippen LogP contribution in [0, 0.1) is 19.8 Å². The maximum absolute atomic E-state index is 12.6. The van der Waals surface area contributed by atoms with Gasteiger partial charge in [-0.25, -0.2) is 0 Å². The second-order valence-electron chi connectivity index (χ2n) is 7.45. The number of phenols is 1. The molecule has 2 heterocycles. The Morgan fingerprint density at radius 3 is 2.56 bits per heavy atom. The smallest absolute Gasteiger partial charge is 0.140 e. The quantitative estimate of drug-likeness (QED) is 0.645. The molecule has 0 spiro atoms. The highest BCUT2D eigenvalue weighted by molar-refractivity contribution is 5.86. The summed E-state index contributed by atoms with van der Waals surface area (Å²) >= 11 is 0. The molecule has 2 aromatic carbocycles. The lowest BCUT2D eigenvalue weighted by atomic mass is 9.71. The summed E-state index contributed by atoms with van der Waals surface area (Å²) < 4.78 is 0. The van der Waals surface area contributed by atoms with Crippen molar-refractivity contribution in [3.8, 4) is 5.75 Å². The molecule has 0 aromatic heterocycles. The molecule has 1 aliphatic carbocycles. The van der Waals surface area contributed by atoms with Crippen LogP contribution < -0.4 is 10.6 Å².